The Labute approximate surface area is 182 Å². The van der Waals surface area contributed by atoms with Gasteiger partial charge in [-0.25, -0.2) is 0 Å². The van der Waals surface area contributed by atoms with E-state index in [-0.39, 0.29) is 18.4 Å². The van der Waals surface area contributed by atoms with Crippen molar-refractivity contribution in [3.05, 3.63) is 77.1 Å². The fourth-order valence-electron chi connectivity index (χ4n) is 3.58. The highest BCUT2D eigenvalue weighted by molar-refractivity contribution is 5.91. The maximum Gasteiger partial charge on any atom is 0.286 e. The number of amides is 1. The van der Waals surface area contributed by atoms with Crippen LogP contribution < -0.4 is 10.1 Å². The van der Waals surface area contributed by atoms with Crippen LogP contribution in [-0.4, -0.2) is 31.0 Å². The predicted octanol–water partition coefficient (Wildman–Crippen LogP) is 3.64. The molecule has 0 unspecified atom stereocenters. The summed E-state index contributed by atoms with van der Waals surface area (Å²) in [6.45, 7) is 1.07. The van der Waals surface area contributed by atoms with Gasteiger partial charge in [-0.15, -0.1) is 0 Å². The van der Waals surface area contributed by atoms with Gasteiger partial charge in [0.1, 0.15) is 5.75 Å². The van der Waals surface area contributed by atoms with Crippen molar-refractivity contribution in [2.45, 2.75) is 44.7 Å². The minimum atomic E-state index is -0.531. The van der Waals surface area contributed by atoms with Crippen molar-refractivity contribution < 1.29 is 24.1 Å². The Bertz CT molecular complexity index is 903. The van der Waals surface area contributed by atoms with E-state index in [1.165, 1.54) is 12.8 Å². The fraction of sp³-hybridized carbons (Fsp3) is 0.400. The molecule has 31 heavy (non-hydrogen) atoms. The lowest BCUT2D eigenvalue weighted by Gasteiger charge is -2.29. The van der Waals surface area contributed by atoms with E-state index in [2.05, 4.69) is 5.32 Å². The van der Waals surface area contributed by atoms with E-state index in [9.17, 15) is 9.90 Å². The first-order chi connectivity index (χ1) is 15.1. The van der Waals surface area contributed by atoms with E-state index in [1.807, 2.05) is 54.6 Å². The van der Waals surface area contributed by atoms with E-state index in [4.69, 9.17) is 14.2 Å². The number of benzene rings is 2. The third-order valence-corrected chi connectivity index (χ3v) is 5.71. The SMILES string of the molecule is COc1ccc([C@@H]2C=C(C(=O)NCC3CC3)O[C@H](OCc3ccc(CO)cc3)C2)cc1. The quantitative estimate of drug-likeness (QED) is 0.644. The minimum absolute atomic E-state index is 0.00287. The van der Waals surface area contributed by atoms with Crippen LogP contribution in [0.3, 0.4) is 0 Å². The molecule has 1 amide bonds. The number of nitrogens with one attached hydrogen (secondary N) is 1. The Balaban J connectivity index is 1.45. The van der Waals surface area contributed by atoms with Gasteiger partial charge in [0.2, 0.25) is 6.29 Å². The van der Waals surface area contributed by atoms with Crippen LogP contribution >= 0.6 is 0 Å². The predicted molar refractivity (Wildman–Crippen MR) is 116 cm³/mol. The lowest BCUT2D eigenvalue weighted by atomic mass is 9.93. The maximum atomic E-state index is 12.7. The van der Waals surface area contributed by atoms with Crippen molar-refractivity contribution in [1.29, 1.82) is 0 Å². The largest absolute Gasteiger partial charge is 0.497 e. The zero-order valence-corrected chi connectivity index (χ0v) is 17.8. The van der Waals surface area contributed by atoms with Gasteiger partial charge < -0.3 is 24.6 Å². The molecular formula is C25H29NO5. The summed E-state index contributed by atoms with van der Waals surface area (Å²) in [6.07, 6.45) is 4.32. The summed E-state index contributed by atoms with van der Waals surface area (Å²) in [5.74, 6) is 1.52. The van der Waals surface area contributed by atoms with Crippen LogP contribution in [0.4, 0.5) is 0 Å². The number of rotatable bonds is 9. The molecule has 164 valence electrons. The molecule has 2 atom stereocenters. The molecule has 0 bridgehead atoms. The van der Waals surface area contributed by atoms with Gasteiger partial charge in [0.15, 0.2) is 5.76 Å². The van der Waals surface area contributed by atoms with Gasteiger partial charge in [-0.2, -0.15) is 0 Å². The third kappa shape index (κ3) is 5.87. The lowest BCUT2D eigenvalue weighted by Crippen LogP contribution is -2.33. The molecule has 2 aromatic carbocycles. The van der Waals surface area contributed by atoms with Gasteiger partial charge in [-0.3, -0.25) is 4.79 Å². The second-order valence-electron chi connectivity index (χ2n) is 8.13. The number of aliphatic hydroxyl groups excluding tert-OH is 1. The van der Waals surface area contributed by atoms with Crippen LogP contribution in [0.5, 0.6) is 5.75 Å². The molecule has 1 saturated carbocycles. The highest BCUT2D eigenvalue weighted by atomic mass is 16.7. The summed E-state index contributed by atoms with van der Waals surface area (Å²) in [5.41, 5.74) is 2.92. The molecule has 1 heterocycles. The van der Waals surface area contributed by atoms with Gasteiger partial charge in [0, 0.05) is 18.9 Å². The van der Waals surface area contributed by atoms with Crippen LogP contribution in [0.2, 0.25) is 0 Å². The van der Waals surface area contributed by atoms with Gasteiger partial charge >= 0.3 is 0 Å². The standard InChI is InChI=1S/C25H29NO5/c1-29-22-10-8-20(9-11-22)21-12-23(25(28)26-14-17-2-3-17)31-24(13-21)30-16-19-6-4-18(15-27)5-7-19/h4-12,17,21,24,27H,2-3,13-16H2,1H3,(H,26,28)/t21-,24+/m1/s1. The smallest absolute Gasteiger partial charge is 0.286 e. The number of allylic oxidation sites excluding steroid dienone is 1. The Hall–Kier alpha value is -2.83. The molecule has 0 radical (unpaired) electrons. The van der Waals surface area contributed by atoms with Crippen LogP contribution in [0.15, 0.2) is 60.4 Å². The summed E-state index contributed by atoms with van der Waals surface area (Å²) in [5, 5.41) is 12.2. The van der Waals surface area contributed by atoms with Gasteiger partial charge in [0.25, 0.3) is 5.91 Å². The van der Waals surface area contributed by atoms with Crippen molar-refractivity contribution >= 4 is 5.91 Å². The average Bonchev–Trinajstić information content (AvgIpc) is 3.66. The summed E-state index contributed by atoms with van der Waals surface area (Å²) in [6, 6.07) is 15.5. The van der Waals surface area contributed by atoms with Crippen molar-refractivity contribution in [3.8, 4) is 5.75 Å². The van der Waals surface area contributed by atoms with Crippen LogP contribution in [0, 0.1) is 5.92 Å². The van der Waals surface area contributed by atoms with Crippen LogP contribution in [-0.2, 0) is 27.5 Å². The van der Waals surface area contributed by atoms with Crippen molar-refractivity contribution in [2.75, 3.05) is 13.7 Å². The molecule has 1 aliphatic heterocycles. The normalized spacial score (nSPS) is 20.5. The first-order valence-electron chi connectivity index (χ1n) is 10.8. The number of carbonyl (C=O) groups is 1. The van der Waals surface area contributed by atoms with Gasteiger partial charge in [0.05, 0.1) is 20.3 Å². The van der Waals surface area contributed by atoms with Gasteiger partial charge in [-0.05, 0) is 53.7 Å². The molecule has 4 rings (SSSR count). The highest BCUT2D eigenvalue weighted by Gasteiger charge is 2.30. The summed E-state index contributed by atoms with van der Waals surface area (Å²) < 4.78 is 17.2. The fourth-order valence-corrected chi connectivity index (χ4v) is 3.58. The number of ether oxygens (including phenoxy) is 3. The topological polar surface area (TPSA) is 77.0 Å². The van der Waals surface area contributed by atoms with E-state index >= 15 is 0 Å². The van der Waals surface area contributed by atoms with E-state index < -0.39 is 6.29 Å². The summed E-state index contributed by atoms with van der Waals surface area (Å²) in [7, 11) is 1.64. The molecule has 0 aromatic heterocycles. The molecule has 2 N–H and O–H groups in total. The first-order valence-corrected chi connectivity index (χ1v) is 10.8. The number of methoxy groups -OCH3 is 1. The summed E-state index contributed by atoms with van der Waals surface area (Å²) >= 11 is 0. The molecule has 6 heteroatoms. The number of hydrogen-bond acceptors (Lipinski definition) is 5. The molecule has 0 saturated heterocycles. The zero-order chi connectivity index (χ0) is 21.6. The van der Waals surface area contributed by atoms with Gasteiger partial charge in [-0.1, -0.05) is 36.4 Å². The molecular weight excluding hydrogens is 394 g/mol. The zero-order valence-electron chi connectivity index (χ0n) is 17.8. The number of aliphatic hydroxyl groups is 1. The minimum Gasteiger partial charge on any atom is -0.497 e. The molecule has 2 aromatic rings. The lowest BCUT2D eigenvalue weighted by molar-refractivity contribution is -0.150. The average molecular weight is 424 g/mol. The molecule has 1 fully saturated rings. The van der Waals surface area contributed by atoms with Crippen LogP contribution in [0.25, 0.3) is 0 Å². The monoisotopic (exact) mass is 423 g/mol. The second-order valence-corrected chi connectivity index (χ2v) is 8.13. The Morgan fingerprint density at radius 3 is 2.45 bits per heavy atom. The number of hydrogen-bond donors (Lipinski definition) is 2. The van der Waals surface area contributed by atoms with E-state index in [0.717, 1.165) is 22.4 Å². The molecule has 6 nitrogen and oxygen atoms in total. The van der Waals surface area contributed by atoms with E-state index in [0.29, 0.717) is 31.2 Å². The van der Waals surface area contributed by atoms with Crippen molar-refractivity contribution in [3.63, 3.8) is 0 Å². The third-order valence-electron chi connectivity index (χ3n) is 5.71. The Morgan fingerprint density at radius 2 is 1.81 bits per heavy atom. The summed E-state index contributed by atoms with van der Waals surface area (Å²) in [4.78, 5) is 12.7. The number of carbonyl (C=O) groups excluding carboxylic acids is 1. The Morgan fingerprint density at radius 1 is 1.10 bits per heavy atom. The molecule has 2 aliphatic rings. The highest BCUT2D eigenvalue weighted by Crippen LogP contribution is 2.33. The van der Waals surface area contributed by atoms with E-state index in [1.54, 1.807) is 7.11 Å². The van der Waals surface area contributed by atoms with Crippen LogP contribution in [0.1, 0.15) is 41.9 Å². The van der Waals surface area contributed by atoms with Crippen molar-refractivity contribution in [2.24, 2.45) is 5.92 Å². The molecule has 0 spiro atoms. The molecule has 1 aliphatic carbocycles. The second kappa shape index (κ2) is 9.98. The maximum absolute atomic E-state index is 12.7. The first kappa shape index (κ1) is 21.4. The van der Waals surface area contributed by atoms with Crippen molar-refractivity contribution in [1.82, 2.24) is 5.32 Å². The Kier molecular flexibility index (Phi) is 6.89.